The number of fused-ring (bicyclic) bond motifs is 1. The molecule has 3 aromatic rings. The van der Waals surface area contributed by atoms with Gasteiger partial charge in [0.05, 0.1) is 7.11 Å². The number of thiocarbonyl (C=S) groups is 1. The molecule has 0 amide bonds. The van der Waals surface area contributed by atoms with Gasteiger partial charge in [0.1, 0.15) is 10.6 Å². The van der Waals surface area contributed by atoms with Crippen LogP contribution >= 0.6 is 23.6 Å². The number of anilines is 2. The molecule has 0 aliphatic carbocycles. The molecule has 4 rings (SSSR count). The second kappa shape index (κ2) is 7.97. The van der Waals surface area contributed by atoms with Crippen molar-refractivity contribution in [1.82, 2.24) is 0 Å². The molecule has 0 saturated heterocycles. The summed E-state index contributed by atoms with van der Waals surface area (Å²) in [4.78, 5) is 15.9. The Hall–Kier alpha value is -2.70. The van der Waals surface area contributed by atoms with Crippen molar-refractivity contribution in [2.24, 2.45) is 0 Å². The molecule has 0 bridgehead atoms. The summed E-state index contributed by atoms with van der Waals surface area (Å²) in [6.07, 6.45) is 0.945. The van der Waals surface area contributed by atoms with Crippen molar-refractivity contribution in [3.8, 4) is 11.1 Å². The van der Waals surface area contributed by atoms with E-state index < -0.39 is 0 Å². The second-order valence-electron chi connectivity index (χ2n) is 7.08. The lowest BCUT2D eigenvalue weighted by atomic mass is 10.0. The monoisotopic (exact) mass is 422 g/mol. The van der Waals surface area contributed by atoms with E-state index >= 15 is 0 Å². The summed E-state index contributed by atoms with van der Waals surface area (Å²) in [6.45, 7) is 4.17. The fourth-order valence-electron chi connectivity index (χ4n) is 3.91. The third-order valence-electron chi connectivity index (χ3n) is 5.18. The lowest BCUT2D eigenvalue weighted by molar-refractivity contribution is 0.0603. The van der Waals surface area contributed by atoms with E-state index in [1.54, 1.807) is 0 Å². The standard InChI is InChI=1S/C23H22N2O2S2/c1-14-13-17-11-7-8-12-18(17)25(14)23(28)24-21-20(22(26)27-3)19(15(2)29-21)16-9-5-4-6-10-16/h4-12,14H,13H2,1-3H3,(H,24,28). The van der Waals surface area contributed by atoms with E-state index in [1.165, 1.54) is 24.0 Å². The van der Waals surface area contributed by atoms with Crippen LogP contribution in [0.4, 0.5) is 10.7 Å². The topological polar surface area (TPSA) is 41.6 Å². The Morgan fingerprint density at radius 3 is 2.59 bits per heavy atom. The molecule has 1 aliphatic heterocycles. The molecule has 0 radical (unpaired) electrons. The summed E-state index contributed by atoms with van der Waals surface area (Å²) in [5.74, 6) is -0.367. The van der Waals surface area contributed by atoms with Gasteiger partial charge >= 0.3 is 5.97 Å². The highest BCUT2D eigenvalue weighted by atomic mass is 32.1. The number of nitrogens with one attached hydrogen (secondary N) is 1. The van der Waals surface area contributed by atoms with Gasteiger partial charge in [0.25, 0.3) is 0 Å². The highest BCUT2D eigenvalue weighted by Gasteiger charge is 2.30. The van der Waals surface area contributed by atoms with Crippen LogP contribution in [-0.2, 0) is 11.2 Å². The van der Waals surface area contributed by atoms with E-state index in [0.717, 1.165) is 33.1 Å². The first-order valence-corrected chi connectivity index (χ1v) is 10.7. The summed E-state index contributed by atoms with van der Waals surface area (Å²) in [5.41, 5.74) is 4.81. The summed E-state index contributed by atoms with van der Waals surface area (Å²) >= 11 is 7.29. The fraction of sp³-hybridized carbons (Fsp3) is 0.217. The van der Waals surface area contributed by atoms with Gasteiger partial charge < -0.3 is 15.0 Å². The molecule has 2 aromatic carbocycles. The molecule has 0 saturated carbocycles. The maximum atomic E-state index is 12.7. The largest absolute Gasteiger partial charge is 0.465 e. The van der Waals surface area contributed by atoms with Gasteiger partial charge in [-0.1, -0.05) is 48.5 Å². The zero-order chi connectivity index (χ0) is 20.5. The van der Waals surface area contributed by atoms with Gasteiger partial charge in [-0.3, -0.25) is 0 Å². The Labute approximate surface area is 180 Å². The number of carbonyl (C=O) groups excluding carboxylic acids is 1. The van der Waals surface area contributed by atoms with Crippen molar-refractivity contribution in [1.29, 1.82) is 0 Å². The van der Waals surface area contributed by atoms with E-state index in [-0.39, 0.29) is 12.0 Å². The van der Waals surface area contributed by atoms with E-state index in [0.29, 0.717) is 10.7 Å². The third-order valence-corrected chi connectivity index (χ3v) is 6.50. The number of esters is 1. The zero-order valence-electron chi connectivity index (χ0n) is 16.6. The van der Waals surface area contributed by atoms with Crippen LogP contribution in [-0.4, -0.2) is 24.2 Å². The van der Waals surface area contributed by atoms with Crippen molar-refractivity contribution in [2.45, 2.75) is 26.3 Å². The molecule has 6 heteroatoms. The average Bonchev–Trinajstić information content (AvgIpc) is 3.23. The Morgan fingerprint density at radius 2 is 1.86 bits per heavy atom. The number of aryl methyl sites for hydroxylation is 1. The van der Waals surface area contributed by atoms with Gasteiger partial charge in [0, 0.05) is 22.2 Å². The first kappa shape index (κ1) is 19.6. The molecule has 1 aliphatic rings. The molecule has 1 unspecified atom stereocenters. The number of benzene rings is 2. The quantitative estimate of drug-likeness (QED) is 0.436. The molecular formula is C23H22N2O2S2. The molecule has 1 atom stereocenters. The van der Waals surface area contributed by atoms with Crippen molar-refractivity contribution in [2.75, 3.05) is 17.3 Å². The first-order chi connectivity index (χ1) is 14.0. The van der Waals surface area contributed by atoms with Crippen molar-refractivity contribution in [3.05, 3.63) is 70.6 Å². The maximum absolute atomic E-state index is 12.7. The minimum Gasteiger partial charge on any atom is -0.465 e. The Kier molecular flexibility index (Phi) is 5.39. The molecule has 1 N–H and O–H groups in total. The van der Waals surface area contributed by atoms with Gasteiger partial charge in [-0.25, -0.2) is 4.79 Å². The number of para-hydroxylation sites is 1. The molecule has 148 valence electrons. The van der Waals surface area contributed by atoms with Crippen molar-refractivity contribution in [3.63, 3.8) is 0 Å². The van der Waals surface area contributed by atoms with Gasteiger partial charge in [-0.15, -0.1) is 11.3 Å². The van der Waals surface area contributed by atoms with Gasteiger partial charge in [0.15, 0.2) is 5.11 Å². The highest BCUT2D eigenvalue weighted by molar-refractivity contribution is 7.80. The molecule has 0 fully saturated rings. The summed E-state index contributed by atoms with van der Waals surface area (Å²) in [6, 6.07) is 18.4. The number of nitrogens with zero attached hydrogens (tertiary/aromatic N) is 1. The van der Waals surface area contributed by atoms with Crippen molar-refractivity contribution >= 4 is 45.3 Å². The average molecular weight is 423 g/mol. The Morgan fingerprint density at radius 1 is 1.17 bits per heavy atom. The minimum atomic E-state index is -0.367. The number of hydrogen-bond acceptors (Lipinski definition) is 4. The second-order valence-corrected chi connectivity index (χ2v) is 8.69. The van der Waals surface area contributed by atoms with Gasteiger partial charge in [0.2, 0.25) is 0 Å². The number of methoxy groups -OCH3 is 1. The molecule has 29 heavy (non-hydrogen) atoms. The molecule has 0 spiro atoms. The van der Waals surface area contributed by atoms with Gasteiger partial charge in [-0.2, -0.15) is 0 Å². The van der Waals surface area contributed by atoms with Crippen LogP contribution in [0.3, 0.4) is 0 Å². The Bertz CT molecular complexity index is 1080. The van der Waals surface area contributed by atoms with Crippen LogP contribution in [0.15, 0.2) is 54.6 Å². The van der Waals surface area contributed by atoms with Gasteiger partial charge in [-0.05, 0) is 49.7 Å². The predicted octanol–water partition coefficient (Wildman–Crippen LogP) is 5.66. The summed E-state index contributed by atoms with van der Waals surface area (Å²) in [5, 5.41) is 4.65. The number of carbonyl (C=O) groups is 1. The number of ether oxygens (including phenoxy) is 1. The van der Waals surface area contributed by atoms with Crippen LogP contribution in [0.5, 0.6) is 0 Å². The molecule has 2 heterocycles. The Balaban J connectivity index is 1.73. The normalized spacial score (nSPS) is 15.1. The summed E-state index contributed by atoms with van der Waals surface area (Å²) < 4.78 is 5.11. The maximum Gasteiger partial charge on any atom is 0.341 e. The van der Waals surface area contributed by atoms with E-state index in [4.69, 9.17) is 17.0 Å². The predicted molar refractivity (Wildman–Crippen MR) is 124 cm³/mol. The number of rotatable bonds is 3. The minimum absolute atomic E-state index is 0.253. The van der Waals surface area contributed by atoms with E-state index in [9.17, 15) is 4.79 Å². The first-order valence-electron chi connectivity index (χ1n) is 9.46. The number of hydrogen-bond donors (Lipinski definition) is 1. The lowest BCUT2D eigenvalue weighted by Crippen LogP contribution is -2.38. The molecular weight excluding hydrogens is 400 g/mol. The third kappa shape index (κ3) is 3.54. The van der Waals surface area contributed by atoms with Crippen LogP contribution in [0.2, 0.25) is 0 Å². The SMILES string of the molecule is COC(=O)c1c(NC(=S)N2c3ccccc3CC2C)sc(C)c1-c1ccccc1. The van der Waals surface area contributed by atoms with Crippen LogP contribution < -0.4 is 10.2 Å². The van der Waals surface area contributed by atoms with Crippen LogP contribution in [0.25, 0.3) is 11.1 Å². The highest BCUT2D eigenvalue weighted by Crippen LogP contribution is 2.41. The number of thiophene rings is 1. The smallest absolute Gasteiger partial charge is 0.341 e. The summed E-state index contributed by atoms with van der Waals surface area (Å²) in [7, 11) is 1.41. The molecule has 4 nitrogen and oxygen atoms in total. The van der Waals surface area contributed by atoms with E-state index in [2.05, 4.69) is 35.3 Å². The molecule has 1 aromatic heterocycles. The zero-order valence-corrected chi connectivity index (χ0v) is 18.2. The van der Waals surface area contributed by atoms with E-state index in [1.807, 2.05) is 43.3 Å². The van der Waals surface area contributed by atoms with Crippen LogP contribution in [0.1, 0.15) is 27.7 Å². The lowest BCUT2D eigenvalue weighted by Gasteiger charge is -2.26. The van der Waals surface area contributed by atoms with Crippen molar-refractivity contribution < 1.29 is 9.53 Å². The van der Waals surface area contributed by atoms with Crippen LogP contribution in [0, 0.1) is 6.92 Å². The fourth-order valence-corrected chi connectivity index (χ4v) is 5.42.